The van der Waals surface area contributed by atoms with Crippen LogP contribution in [-0.2, 0) is 11.2 Å². The molecule has 1 unspecified atom stereocenters. The maximum atomic E-state index is 12.7. The van der Waals surface area contributed by atoms with Crippen molar-refractivity contribution < 1.29 is 4.79 Å². The van der Waals surface area contributed by atoms with E-state index in [0.717, 1.165) is 42.3 Å². The van der Waals surface area contributed by atoms with Crippen LogP contribution in [0.3, 0.4) is 0 Å². The number of hydrogen-bond acceptors (Lipinski definition) is 3. The van der Waals surface area contributed by atoms with E-state index in [9.17, 15) is 4.79 Å². The lowest BCUT2D eigenvalue weighted by molar-refractivity contribution is -0.120. The summed E-state index contributed by atoms with van der Waals surface area (Å²) in [5.41, 5.74) is 3.32. The lowest BCUT2D eigenvalue weighted by Crippen LogP contribution is -2.46. The second kappa shape index (κ2) is 8.36. The average Bonchev–Trinajstić information content (AvgIpc) is 2.64. The van der Waals surface area contributed by atoms with E-state index in [1.165, 1.54) is 5.56 Å². The van der Waals surface area contributed by atoms with E-state index in [4.69, 9.17) is 0 Å². The van der Waals surface area contributed by atoms with E-state index < -0.39 is 0 Å². The molecule has 3 nitrogen and oxygen atoms in total. The zero-order chi connectivity index (χ0) is 16.8. The molecule has 3 rings (SSSR count). The van der Waals surface area contributed by atoms with Gasteiger partial charge in [0, 0.05) is 30.3 Å². The number of hydrogen-bond donors (Lipinski definition) is 1. The Morgan fingerprint density at radius 2 is 1.75 bits per heavy atom. The molecule has 2 aromatic carbocycles. The molecule has 1 fully saturated rings. The second-order valence-corrected chi connectivity index (χ2v) is 7.36. The minimum absolute atomic E-state index is 0.0856. The minimum Gasteiger partial charge on any atom is -0.324 e. The van der Waals surface area contributed by atoms with Crippen molar-refractivity contribution in [3.63, 3.8) is 0 Å². The summed E-state index contributed by atoms with van der Waals surface area (Å²) < 4.78 is 0. The quantitative estimate of drug-likeness (QED) is 0.902. The summed E-state index contributed by atoms with van der Waals surface area (Å²) in [6.07, 6.45) is 0.825. The fraction of sp³-hybridized carbons (Fsp3) is 0.350. The Morgan fingerprint density at radius 1 is 1.08 bits per heavy atom. The van der Waals surface area contributed by atoms with E-state index in [1.807, 2.05) is 55.1 Å². The monoisotopic (exact) mass is 340 g/mol. The molecule has 0 radical (unpaired) electrons. The molecule has 0 spiro atoms. The fourth-order valence-corrected chi connectivity index (χ4v) is 3.91. The van der Waals surface area contributed by atoms with Crippen molar-refractivity contribution in [3.8, 4) is 0 Å². The first-order valence-electron chi connectivity index (χ1n) is 8.48. The number of benzene rings is 2. The topological polar surface area (TPSA) is 32.3 Å². The Bertz CT molecular complexity index is 668. The molecule has 4 heteroatoms. The van der Waals surface area contributed by atoms with Gasteiger partial charge in [0.1, 0.15) is 0 Å². The first kappa shape index (κ1) is 17.1. The van der Waals surface area contributed by atoms with Crippen molar-refractivity contribution in [3.05, 3.63) is 65.7 Å². The molecule has 1 aliphatic heterocycles. The molecule has 2 aromatic rings. The molecule has 1 heterocycles. The molecule has 0 aromatic heterocycles. The SMILES string of the molecule is CC(C(=O)Nc1ccccc1Cc1ccccc1)N1CCSCC1. The Labute approximate surface area is 148 Å². The van der Waals surface area contributed by atoms with Crippen molar-refractivity contribution >= 4 is 23.4 Å². The molecular weight excluding hydrogens is 316 g/mol. The smallest absolute Gasteiger partial charge is 0.241 e. The van der Waals surface area contributed by atoms with Crippen LogP contribution < -0.4 is 5.32 Å². The highest BCUT2D eigenvalue weighted by Crippen LogP contribution is 2.20. The zero-order valence-corrected chi connectivity index (χ0v) is 14.9. The molecule has 24 heavy (non-hydrogen) atoms. The van der Waals surface area contributed by atoms with Crippen LogP contribution in [0.15, 0.2) is 54.6 Å². The predicted molar refractivity (Wildman–Crippen MR) is 103 cm³/mol. The maximum Gasteiger partial charge on any atom is 0.241 e. The maximum absolute atomic E-state index is 12.7. The number of nitrogens with one attached hydrogen (secondary N) is 1. The second-order valence-electron chi connectivity index (χ2n) is 6.13. The molecule has 126 valence electrons. The van der Waals surface area contributed by atoms with E-state index >= 15 is 0 Å². The molecule has 1 aliphatic rings. The summed E-state index contributed by atoms with van der Waals surface area (Å²) >= 11 is 1.96. The van der Waals surface area contributed by atoms with Gasteiger partial charge in [-0.1, -0.05) is 48.5 Å². The summed E-state index contributed by atoms with van der Waals surface area (Å²) in [5.74, 6) is 2.31. The third-order valence-corrected chi connectivity index (χ3v) is 5.43. The van der Waals surface area contributed by atoms with E-state index in [2.05, 4.69) is 28.4 Å². The van der Waals surface area contributed by atoms with Crippen molar-refractivity contribution in [2.24, 2.45) is 0 Å². The summed E-state index contributed by atoms with van der Waals surface area (Å²) in [7, 11) is 0. The van der Waals surface area contributed by atoms with Gasteiger partial charge in [0.05, 0.1) is 6.04 Å². The minimum atomic E-state index is -0.0873. The van der Waals surface area contributed by atoms with Crippen LogP contribution in [0.1, 0.15) is 18.1 Å². The van der Waals surface area contributed by atoms with Gasteiger partial charge < -0.3 is 5.32 Å². The lowest BCUT2D eigenvalue weighted by atomic mass is 10.0. The van der Waals surface area contributed by atoms with E-state index in [0.29, 0.717) is 0 Å². The van der Waals surface area contributed by atoms with Crippen LogP contribution in [0.4, 0.5) is 5.69 Å². The molecule has 0 aliphatic carbocycles. The highest BCUT2D eigenvalue weighted by molar-refractivity contribution is 7.99. The number of amides is 1. The number of rotatable bonds is 5. The molecule has 1 amide bonds. The first-order chi connectivity index (χ1) is 11.7. The number of carbonyl (C=O) groups excluding carboxylic acids is 1. The Balaban J connectivity index is 1.69. The van der Waals surface area contributed by atoms with Crippen LogP contribution in [0.25, 0.3) is 0 Å². The third-order valence-electron chi connectivity index (χ3n) is 4.49. The van der Waals surface area contributed by atoms with Crippen LogP contribution >= 0.6 is 11.8 Å². The number of carbonyl (C=O) groups is 1. The van der Waals surface area contributed by atoms with E-state index in [1.54, 1.807) is 0 Å². The van der Waals surface area contributed by atoms with Gasteiger partial charge in [-0.3, -0.25) is 9.69 Å². The molecule has 1 N–H and O–H groups in total. The summed E-state index contributed by atoms with van der Waals surface area (Å²) in [4.78, 5) is 14.9. The average molecular weight is 340 g/mol. The number of para-hydroxylation sites is 1. The molecule has 1 atom stereocenters. The van der Waals surface area contributed by atoms with Crippen LogP contribution in [0, 0.1) is 0 Å². The summed E-state index contributed by atoms with van der Waals surface area (Å²) in [6.45, 7) is 3.99. The summed E-state index contributed by atoms with van der Waals surface area (Å²) in [6, 6.07) is 18.4. The fourth-order valence-electron chi connectivity index (χ4n) is 2.98. The number of thioether (sulfide) groups is 1. The van der Waals surface area contributed by atoms with Crippen molar-refractivity contribution in [1.82, 2.24) is 4.90 Å². The standard InChI is InChI=1S/C20H24N2OS/c1-16(22-11-13-24-14-12-22)20(23)21-19-10-6-5-9-18(19)15-17-7-3-2-4-8-17/h2-10,16H,11-15H2,1H3,(H,21,23). The van der Waals surface area contributed by atoms with Crippen molar-refractivity contribution in [2.75, 3.05) is 29.9 Å². The molecule has 0 bridgehead atoms. The summed E-state index contributed by atoms with van der Waals surface area (Å²) in [5, 5.41) is 3.14. The number of anilines is 1. The lowest BCUT2D eigenvalue weighted by Gasteiger charge is -2.31. The van der Waals surface area contributed by atoms with Crippen molar-refractivity contribution in [2.45, 2.75) is 19.4 Å². The largest absolute Gasteiger partial charge is 0.324 e. The Morgan fingerprint density at radius 3 is 2.50 bits per heavy atom. The van der Waals surface area contributed by atoms with E-state index in [-0.39, 0.29) is 11.9 Å². The van der Waals surface area contributed by atoms with Gasteiger partial charge >= 0.3 is 0 Å². The predicted octanol–water partition coefficient (Wildman–Crippen LogP) is 3.65. The van der Waals surface area contributed by atoms with Gasteiger partial charge in [-0.05, 0) is 30.5 Å². The van der Waals surface area contributed by atoms with Crippen LogP contribution in [0.5, 0.6) is 0 Å². The zero-order valence-electron chi connectivity index (χ0n) is 14.1. The van der Waals surface area contributed by atoms with Gasteiger partial charge in [0.15, 0.2) is 0 Å². The molecule has 0 saturated carbocycles. The third kappa shape index (κ3) is 4.40. The van der Waals surface area contributed by atoms with Gasteiger partial charge in [-0.15, -0.1) is 0 Å². The van der Waals surface area contributed by atoms with Crippen molar-refractivity contribution in [1.29, 1.82) is 0 Å². The van der Waals surface area contributed by atoms with Gasteiger partial charge in [-0.2, -0.15) is 11.8 Å². The molecular formula is C20H24N2OS. The van der Waals surface area contributed by atoms with Gasteiger partial charge in [0.25, 0.3) is 0 Å². The van der Waals surface area contributed by atoms with Crippen LogP contribution in [0.2, 0.25) is 0 Å². The highest BCUT2D eigenvalue weighted by atomic mass is 32.2. The number of nitrogens with zero attached hydrogens (tertiary/aromatic N) is 1. The highest BCUT2D eigenvalue weighted by Gasteiger charge is 2.23. The van der Waals surface area contributed by atoms with Crippen LogP contribution in [-0.4, -0.2) is 41.4 Å². The Hall–Kier alpha value is -1.78. The normalized spacial score (nSPS) is 16.5. The van der Waals surface area contributed by atoms with Gasteiger partial charge in [0.2, 0.25) is 5.91 Å². The van der Waals surface area contributed by atoms with Gasteiger partial charge in [-0.25, -0.2) is 0 Å². The molecule has 1 saturated heterocycles. The Kier molecular flexibility index (Phi) is 5.94. The first-order valence-corrected chi connectivity index (χ1v) is 9.64.